The number of carboxylic acid groups (broad SMARTS) is 1. The van der Waals surface area contributed by atoms with Crippen LogP contribution in [-0.4, -0.2) is 28.7 Å². The van der Waals surface area contributed by atoms with Crippen molar-refractivity contribution in [3.05, 3.63) is 59.2 Å². The number of nitrogens with one attached hydrogen (secondary N) is 1. The Morgan fingerprint density at radius 1 is 1.13 bits per heavy atom. The van der Waals surface area contributed by atoms with Crippen LogP contribution in [0.2, 0.25) is 0 Å². The predicted molar refractivity (Wildman–Crippen MR) is 84.8 cm³/mol. The second kappa shape index (κ2) is 7.42. The van der Waals surface area contributed by atoms with Crippen molar-refractivity contribution in [2.75, 3.05) is 11.9 Å². The van der Waals surface area contributed by atoms with E-state index < -0.39 is 5.97 Å². The Morgan fingerprint density at radius 2 is 1.83 bits per heavy atom. The number of carbonyl (C=O) groups is 2. The van der Waals surface area contributed by atoms with Gasteiger partial charge in [0.25, 0.3) is 5.91 Å². The van der Waals surface area contributed by atoms with E-state index in [1.807, 2.05) is 6.92 Å². The van der Waals surface area contributed by atoms with Gasteiger partial charge in [-0.2, -0.15) is 0 Å². The summed E-state index contributed by atoms with van der Waals surface area (Å²) in [5.74, 6) is -1.98. The monoisotopic (exact) mass is 315 g/mol. The van der Waals surface area contributed by atoms with Gasteiger partial charge in [0.2, 0.25) is 0 Å². The number of amides is 1. The lowest BCUT2D eigenvalue weighted by Crippen LogP contribution is -2.12. The lowest BCUT2D eigenvalue weighted by Gasteiger charge is -2.08. The maximum absolute atomic E-state index is 12.2. The first kappa shape index (κ1) is 16.5. The van der Waals surface area contributed by atoms with Crippen molar-refractivity contribution in [3.8, 4) is 5.75 Å². The molecule has 0 bridgehead atoms. The number of phenols is 1. The molecular formula is C17H17NO5. The molecule has 3 N–H and O–H groups in total. The number of hydrogen-bond donors (Lipinski definition) is 3. The molecule has 0 saturated carbocycles. The minimum atomic E-state index is -1.26. The lowest BCUT2D eigenvalue weighted by atomic mass is 10.1. The van der Waals surface area contributed by atoms with E-state index in [4.69, 9.17) is 9.84 Å². The third-order valence-electron chi connectivity index (χ3n) is 3.17. The van der Waals surface area contributed by atoms with Crippen LogP contribution in [0, 0.1) is 0 Å². The van der Waals surface area contributed by atoms with Gasteiger partial charge in [0.05, 0.1) is 6.61 Å². The molecule has 1 amide bonds. The molecule has 6 nitrogen and oxygen atoms in total. The molecular weight excluding hydrogens is 298 g/mol. The summed E-state index contributed by atoms with van der Waals surface area (Å²) in [7, 11) is 0. The molecule has 2 rings (SSSR count). The predicted octanol–water partition coefficient (Wildman–Crippen LogP) is 2.88. The van der Waals surface area contributed by atoms with Gasteiger partial charge in [0.15, 0.2) is 0 Å². The van der Waals surface area contributed by atoms with E-state index in [9.17, 15) is 14.7 Å². The highest BCUT2D eigenvalue weighted by Gasteiger charge is 2.12. The molecule has 0 aromatic heterocycles. The minimum absolute atomic E-state index is 0.269. The molecule has 0 unspecified atom stereocenters. The number of carbonyl (C=O) groups excluding carboxylic acids is 1. The van der Waals surface area contributed by atoms with Gasteiger partial charge < -0.3 is 20.3 Å². The Balaban J connectivity index is 2.09. The fourth-order valence-electron chi connectivity index (χ4n) is 1.96. The maximum Gasteiger partial charge on any atom is 0.339 e. The summed E-state index contributed by atoms with van der Waals surface area (Å²) < 4.78 is 5.28. The smallest absolute Gasteiger partial charge is 0.339 e. The average molecular weight is 315 g/mol. The van der Waals surface area contributed by atoms with Gasteiger partial charge in [-0.05, 0) is 42.8 Å². The van der Waals surface area contributed by atoms with Gasteiger partial charge in [-0.3, -0.25) is 4.79 Å². The van der Waals surface area contributed by atoms with Gasteiger partial charge in [-0.15, -0.1) is 0 Å². The van der Waals surface area contributed by atoms with Crippen molar-refractivity contribution in [1.29, 1.82) is 0 Å². The number of carboxylic acids is 1. The Bertz CT molecular complexity index is 709. The summed E-state index contributed by atoms with van der Waals surface area (Å²) in [4.78, 5) is 23.1. The molecule has 120 valence electrons. The number of rotatable bonds is 6. The van der Waals surface area contributed by atoms with E-state index in [1.54, 1.807) is 24.3 Å². The van der Waals surface area contributed by atoms with Crippen LogP contribution in [0.15, 0.2) is 42.5 Å². The van der Waals surface area contributed by atoms with Crippen LogP contribution in [0.25, 0.3) is 0 Å². The van der Waals surface area contributed by atoms with Crippen LogP contribution in [0.5, 0.6) is 5.75 Å². The highest BCUT2D eigenvalue weighted by Crippen LogP contribution is 2.22. The van der Waals surface area contributed by atoms with Crippen LogP contribution in [0.4, 0.5) is 5.69 Å². The molecule has 0 aliphatic carbocycles. The van der Waals surface area contributed by atoms with Crippen LogP contribution in [-0.2, 0) is 11.3 Å². The SMILES string of the molecule is CCOCc1ccc(C(=O)Nc2ccc(O)c(C(=O)O)c2)cc1. The number of ether oxygens (including phenoxy) is 1. The largest absolute Gasteiger partial charge is 0.507 e. The van der Waals surface area contributed by atoms with Gasteiger partial charge in [0, 0.05) is 17.9 Å². The molecule has 0 aliphatic heterocycles. The molecule has 0 radical (unpaired) electrons. The standard InChI is InChI=1S/C17H17NO5/c1-2-23-10-11-3-5-12(6-4-11)16(20)18-13-7-8-15(19)14(9-13)17(21)22/h3-9,19H,2,10H2,1H3,(H,18,20)(H,21,22). The van der Waals surface area contributed by atoms with Crippen molar-refractivity contribution >= 4 is 17.6 Å². The van der Waals surface area contributed by atoms with Crippen LogP contribution >= 0.6 is 0 Å². The zero-order valence-electron chi connectivity index (χ0n) is 12.6. The number of aromatic carboxylic acids is 1. The number of benzene rings is 2. The van der Waals surface area contributed by atoms with Gasteiger partial charge >= 0.3 is 5.97 Å². The molecule has 0 fully saturated rings. The second-order valence-electron chi connectivity index (χ2n) is 4.83. The molecule has 23 heavy (non-hydrogen) atoms. The van der Waals surface area contributed by atoms with Crippen molar-refractivity contribution < 1.29 is 24.5 Å². The van der Waals surface area contributed by atoms with E-state index in [0.717, 1.165) is 5.56 Å². The fraction of sp³-hybridized carbons (Fsp3) is 0.176. The molecule has 0 atom stereocenters. The highest BCUT2D eigenvalue weighted by atomic mass is 16.5. The molecule has 2 aromatic rings. The van der Waals surface area contributed by atoms with E-state index in [0.29, 0.717) is 24.5 Å². The quantitative estimate of drug-likeness (QED) is 0.712. The van der Waals surface area contributed by atoms with E-state index in [-0.39, 0.29) is 17.2 Å². The zero-order valence-corrected chi connectivity index (χ0v) is 12.6. The van der Waals surface area contributed by atoms with Crippen LogP contribution in [0.1, 0.15) is 33.2 Å². The summed E-state index contributed by atoms with van der Waals surface area (Å²) in [5, 5.41) is 21.0. The third-order valence-corrected chi connectivity index (χ3v) is 3.17. The summed E-state index contributed by atoms with van der Waals surface area (Å²) in [6.07, 6.45) is 0. The Morgan fingerprint density at radius 3 is 2.43 bits per heavy atom. The normalized spacial score (nSPS) is 10.3. The molecule has 2 aromatic carbocycles. The zero-order chi connectivity index (χ0) is 16.8. The number of aromatic hydroxyl groups is 1. The minimum Gasteiger partial charge on any atom is -0.507 e. The van der Waals surface area contributed by atoms with Gasteiger partial charge in [-0.25, -0.2) is 4.79 Å². The van der Waals surface area contributed by atoms with Crippen molar-refractivity contribution in [3.63, 3.8) is 0 Å². The van der Waals surface area contributed by atoms with E-state index >= 15 is 0 Å². The first-order valence-corrected chi connectivity index (χ1v) is 7.05. The summed E-state index contributed by atoms with van der Waals surface area (Å²) in [6, 6.07) is 10.8. The average Bonchev–Trinajstić information content (AvgIpc) is 2.54. The fourth-order valence-corrected chi connectivity index (χ4v) is 1.96. The lowest BCUT2D eigenvalue weighted by molar-refractivity contribution is 0.0693. The van der Waals surface area contributed by atoms with Crippen LogP contribution in [0.3, 0.4) is 0 Å². The number of hydrogen-bond acceptors (Lipinski definition) is 4. The molecule has 6 heteroatoms. The summed E-state index contributed by atoms with van der Waals surface area (Å²) >= 11 is 0. The topological polar surface area (TPSA) is 95.9 Å². The van der Waals surface area contributed by atoms with Gasteiger partial charge in [0.1, 0.15) is 11.3 Å². The van der Waals surface area contributed by atoms with Crippen molar-refractivity contribution in [2.24, 2.45) is 0 Å². The maximum atomic E-state index is 12.2. The van der Waals surface area contributed by atoms with E-state index in [2.05, 4.69) is 5.32 Å². The van der Waals surface area contributed by atoms with Gasteiger partial charge in [-0.1, -0.05) is 12.1 Å². The first-order chi connectivity index (χ1) is 11.0. The number of anilines is 1. The Labute approximate surface area is 133 Å². The van der Waals surface area contributed by atoms with Crippen molar-refractivity contribution in [2.45, 2.75) is 13.5 Å². The summed E-state index contributed by atoms with van der Waals surface area (Å²) in [5.41, 5.74) is 1.43. The Kier molecular flexibility index (Phi) is 5.32. The second-order valence-corrected chi connectivity index (χ2v) is 4.83. The highest BCUT2D eigenvalue weighted by molar-refractivity contribution is 6.05. The molecule has 0 aliphatic rings. The molecule has 0 spiro atoms. The molecule has 0 saturated heterocycles. The first-order valence-electron chi connectivity index (χ1n) is 7.05. The third kappa shape index (κ3) is 4.31. The van der Waals surface area contributed by atoms with E-state index in [1.165, 1.54) is 18.2 Å². The van der Waals surface area contributed by atoms with Crippen LogP contribution < -0.4 is 5.32 Å². The Hall–Kier alpha value is -2.86. The van der Waals surface area contributed by atoms with Crippen molar-refractivity contribution in [1.82, 2.24) is 0 Å². The molecule has 0 heterocycles. The summed E-state index contributed by atoms with van der Waals surface area (Å²) in [6.45, 7) is 3.01.